The highest BCUT2D eigenvalue weighted by Gasteiger charge is 2.10. The van der Waals surface area contributed by atoms with Gasteiger partial charge in [0, 0.05) is 24.8 Å². The first-order valence-corrected chi connectivity index (χ1v) is 8.89. The summed E-state index contributed by atoms with van der Waals surface area (Å²) in [6, 6.07) is 11.5. The first kappa shape index (κ1) is 20.7. The number of aromatic nitrogens is 3. The minimum absolute atomic E-state index is 0.322. The van der Waals surface area contributed by atoms with E-state index in [9.17, 15) is 4.39 Å². The largest absolute Gasteiger partial charge is 0.368 e. The van der Waals surface area contributed by atoms with E-state index in [4.69, 9.17) is 11.0 Å². The molecule has 144 valence electrons. The Bertz CT molecular complexity index is 936. The van der Waals surface area contributed by atoms with E-state index >= 15 is 0 Å². The summed E-state index contributed by atoms with van der Waals surface area (Å²) < 4.78 is 13.5. The minimum atomic E-state index is -0.335. The number of rotatable bonds is 6. The number of halogens is 1. The van der Waals surface area contributed by atoms with Crippen molar-refractivity contribution in [3.63, 3.8) is 0 Å². The van der Waals surface area contributed by atoms with Gasteiger partial charge in [0.15, 0.2) is 0 Å². The fourth-order valence-corrected chi connectivity index (χ4v) is 2.30. The van der Waals surface area contributed by atoms with Gasteiger partial charge in [-0.15, -0.1) is 0 Å². The smallest absolute Gasteiger partial charge is 0.229 e. The highest BCUT2D eigenvalue weighted by atomic mass is 19.1. The Kier molecular flexibility index (Phi) is 7.81. The molecule has 0 bridgehead atoms. The minimum Gasteiger partial charge on any atom is -0.368 e. The van der Waals surface area contributed by atoms with Gasteiger partial charge < -0.3 is 16.4 Å². The van der Waals surface area contributed by atoms with Crippen molar-refractivity contribution >= 4 is 17.5 Å². The maximum absolute atomic E-state index is 13.5. The number of nitrogens with zero attached hydrogens (tertiary/aromatic N) is 4. The fraction of sp³-hybridized carbons (Fsp3) is 0.200. The fourth-order valence-electron chi connectivity index (χ4n) is 2.30. The second-order valence-corrected chi connectivity index (χ2v) is 5.35. The van der Waals surface area contributed by atoms with Crippen LogP contribution in [0.2, 0.25) is 0 Å². The van der Waals surface area contributed by atoms with E-state index in [1.165, 1.54) is 18.3 Å². The first-order chi connectivity index (χ1) is 13.7. The van der Waals surface area contributed by atoms with Crippen molar-refractivity contribution < 1.29 is 4.39 Å². The van der Waals surface area contributed by atoms with E-state index in [-0.39, 0.29) is 5.82 Å². The van der Waals surface area contributed by atoms with Crippen molar-refractivity contribution in [2.75, 3.05) is 23.7 Å². The highest BCUT2D eigenvalue weighted by Crippen LogP contribution is 2.27. The number of anilines is 3. The Balaban J connectivity index is 0.00000136. The molecule has 0 spiro atoms. The van der Waals surface area contributed by atoms with Gasteiger partial charge >= 0.3 is 0 Å². The van der Waals surface area contributed by atoms with E-state index in [2.05, 4.69) is 25.6 Å². The zero-order valence-electron chi connectivity index (χ0n) is 15.8. The molecule has 4 N–H and O–H groups in total. The van der Waals surface area contributed by atoms with Gasteiger partial charge in [0.05, 0.1) is 11.9 Å². The van der Waals surface area contributed by atoms with Crippen LogP contribution in [0, 0.1) is 17.1 Å². The molecular formula is C20H22FN7. The monoisotopic (exact) mass is 379 g/mol. The molecule has 0 unspecified atom stereocenters. The molecule has 2 heterocycles. The zero-order chi connectivity index (χ0) is 20.4. The van der Waals surface area contributed by atoms with Gasteiger partial charge in [0.25, 0.3) is 0 Å². The molecule has 0 aliphatic rings. The molecule has 0 radical (unpaired) electrons. The molecule has 0 saturated heterocycles. The summed E-state index contributed by atoms with van der Waals surface area (Å²) in [4.78, 5) is 12.7. The van der Waals surface area contributed by atoms with Crippen LogP contribution in [0.3, 0.4) is 0 Å². The van der Waals surface area contributed by atoms with Gasteiger partial charge in [-0.3, -0.25) is 0 Å². The number of hydrogen-bond donors (Lipinski definition) is 3. The second-order valence-electron chi connectivity index (χ2n) is 5.35. The third kappa shape index (κ3) is 5.46. The Morgan fingerprint density at radius 1 is 1.14 bits per heavy atom. The lowest BCUT2D eigenvalue weighted by Crippen LogP contribution is -2.15. The van der Waals surface area contributed by atoms with Gasteiger partial charge in [-0.05, 0) is 29.8 Å². The first-order valence-electron chi connectivity index (χ1n) is 8.89. The van der Waals surface area contributed by atoms with Crippen molar-refractivity contribution in [1.29, 1.82) is 5.26 Å². The van der Waals surface area contributed by atoms with Crippen LogP contribution < -0.4 is 16.4 Å². The summed E-state index contributed by atoms with van der Waals surface area (Å²) in [6.45, 7) is 4.94. The number of hydrogen-bond acceptors (Lipinski definition) is 7. The maximum atomic E-state index is 13.5. The number of pyridine rings is 1. The van der Waals surface area contributed by atoms with Crippen LogP contribution in [0.4, 0.5) is 21.8 Å². The van der Waals surface area contributed by atoms with Gasteiger partial charge in [0.2, 0.25) is 5.95 Å². The molecule has 0 saturated carbocycles. The van der Waals surface area contributed by atoms with E-state index in [0.29, 0.717) is 47.4 Å². The molecule has 3 rings (SSSR count). The van der Waals surface area contributed by atoms with Crippen LogP contribution >= 0.6 is 0 Å². The third-order valence-corrected chi connectivity index (χ3v) is 3.50. The quantitative estimate of drug-likeness (QED) is 0.598. The number of nitriles is 1. The standard InChI is InChI=1S/C18H16FN7.C2H6/c19-13-3-1-2-12(8-13)16-11-24-18(26-17(16)22-7-6-20)25-15-5-4-14(9-21)23-10-15;1-2/h1-5,8,10-11H,6-7,20H2,(H2,22,24,25,26);1-2H3. The van der Waals surface area contributed by atoms with Crippen molar-refractivity contribution in [2.45, 2.75) is 13.8 Å². The SMILES string of the molecule is CC.N#Cc1ccc(Nc2ncc(-c3cccc(F)c3)c(NCCN)n2)cn1. The van der Waals surface area contributed by atoms with E-state index < -0.39 is 0 Å². The van der Waals surface area contributed by atoms with Gasteiger partial charge in [0.1, 0.15) is 23.4 Å². The lowest BCUT2D eigenvalue weighted by molar-refractivity contribution is 0.628. The Morgan fingerprint density at radius 3 is 2.61 bits per heavy atom. The number of benzene rings is 1. The van der Waals surface area contributed by atoms with Crippen LogP contribution in [0.5, 0.6) is 0 Å². The topological polar surface area (TPSA) is 113 Å². The van der Waals surface area contributed by atoms with Gasteiger partial charge in [-0.2, -0.15) is 10.2 Å². The predicted molar refractivity (Wildman–Crippen MR) is 109 cm³/mol. The van der Waals surface area contributed by atoms with Crippen LogP contribution in [-0.2, 0) is 0 Å². The van der Waals surface area contributed by atoms with Crippen LogP contribution in [0.1, 0.15) is 19.5 Å². The van der Waals surface area contributed by atoms with E-state index in [0.717, 1.165) is 0 Å². The number of nitrogens with one attached hydrogen (secondary N) is 2. The van der Waals surface area contributed by atoms with Gasteiger partial charge in [-0.1, -0.05) is 26.0 Å². The van der Waals surface area contributed by atoms with Crippen molar-refractivity contribution in [3.05, 3.63) is 60.3 Å². The summed E-state index contributed by atoms with van der Waals surface area (Å²) in [5.41, 5.74) is 7.86. The summed E-state index contributed by atoms with van der Waals surface area (Å²) in [5.74, 6) is 0.550. The molecular weight excluding hydrogens is 357 g/mol. The average molecular weight is 379 g/mol. The lowest BCUT2D eigenvalue weighted by Gasteiger charge is -2.13. The zero-order valence-corrected chi connectivity index (χ0v) is 15.8. The molecule has 1 aromatic carbocycles. The molecule has 0 aliphatic heterocycles. The lowest BCUT2D eigenvalue weighted by atomic mass is 10.1. The van der Waals surface area contributed by atoms with Crippen LogP contribution in [0.15, 0.2) is 48.8 Å². The molecule has 28 heavy (non-hydrogen) atoms. The molecule has 7 nitrogen and oxygen atoms in total. The van der Waals surface area contributed by atoms with Crippen LogP contribution in [-0.4, -0.2) is 28.0 Å². The van der Waals surface area contributed by atoms with Crippen molar-refractivity contribution in [2.24, 2.45) is 5.73 Å². The normalized spacial score (nSPS) is 9.68. The summed E-state index contributed by atoms with van der Waals surface area (Å²) in [7, 11) is 0. The Morgan fingerprint density at radius 2 is 1.96 bits per heavy atom. The molecule has 8 heteroatoms. The third-order valence-electron chi connectivity index (χ3n) is 3.50. The van der Waals surface area contributed by atoms with Crippen molar-refractivity contribution in [3.8, 4) is 17.2 Å². The summed E-state index contributed by atoms with van der Waals surface area (Å²) in [5, 5.41) is 14.9. The molecule has 0 aliphatic carbocycles. The van der Waals surface area contributed by atoms with E-state index in [1.54, 1.807) is 30.5 Å². The molecule has 0 atom stereocenters. The predicted octanol–water partition coefficient (Wildman–Crippen LogP) is 3.69. The van der Waals surface area contributed by atoms with Crippen LogP contribution in [0.25, 0.3) is 11.1 Å². The summed E-state index contributed by atoms with van der Waals surface area (Å²) in [6.07, 6.45) is 3.13. The number of nitrogens with two attached hydrogens (primary N) is 1. The second kappa shape index (κ2) is 10.5. The Labute approximate surface area is 163 Å². The van der Waals surface area contributed by atoms with E-state index in [1.807, 2.05) is 19.9 Å². The van der Waals surface area contributed by atoms with Crippen molar-refractivity contribution in [1.82, 2.24) is 15.0 Å². The molecule has 2 aromatic heterocycles. The van der Waals surface area contributed by atoms with Gasteiger partial charge in [-0.25, -0.2) is 14.4 Å². The summed E-state index contributed by atoms with van der Waals surface area (Å²) >= 11 is 0. The maximum Gasteiger partial charge on any atom is 0.229 e. The molecule has 0 amide bonds. The Hall–Kier alpha value is -3.57. The average Bonchev–Trinajstić information content (AvgIpc) is 2.74. The highest BCUT2D eigenvalue weighted by molar-refractivity contribution is 5.75. The molecule has 3 aromatic rings. The molecule has 0 fully saturated rings.